The van der Waals surface area contributed by atoms with Crippen molar-refractivity contribution in [1.82, 2.24) is 4.31 Å². The van der Waals surface area contributed by atoms with E-state index in [4.69, 9.17) is 5.11 Å². The molecule has 1 aromatic carbocycles. The first-order valence-corrected chi connectivity index (χ1v) is 9.97. The Morgan fingerprint density at radius 1 is 1.08 bits per heavy atom. The van der Waals surface area contributed by atoms with E-state index >= 15 is 0 Å². The van der Waals surface area contributed by atoms with Crippen molar-refractivity contribution in [2.75, 3.05) is 18.4 Å². The average Bonchev–Trinajstić information content (AvgIpc) is 2.54. The molecule has 0 bridgehead atoms. The Morgan fingerprint density at radius 3 is 2.36 bits per heavy atom. The van der Waals surface area contributed by atoms with Crippen molar-refractivity contribution in [3.63, 3.8) is 0 Å². The van der Waals surface area contributed by atoms with E-state index in [1.807, 2.05) is 0 Å². The third-order valence-corrected chi connectivity index (χ3v) is 6.88. The normalized spacial score (nSPS) is 24.3. The molecule has 2 fully saturated rings. The van der Waals surface area contributed by atoms with Gasteiger partial charge in [-0.05, 0) is 43.9 Å². The van der Waals surface area contributed by atoms with Crippen LogP contribution < -0.4 is 5.32 Å². The second-order valence-electron chi connectivity index (χ2n) is 6.61. The standard InChI is InChI=1S/C17H22N2O5S/c20-16(14-7-8-15(14)17(21)22)18-12-5-4-6-13(11-12)25(23,24)19-9-2-1-3-10-19/h4-6,11,14-15H,1-3,7-10H2,(H,18,20)(H,21,22). The number of rotatable bonds is 5. The first kappa shape index (κ1) is 17.9. The predicted octanol–water partition coefficient (Wildman–Crippen LogP) is 1.91. The Morgan fingerprint density at radius 2 is 1.76 bits per heavy atom. The Hall–Kier alpha value is -1.93. The van der Waals surface area contributed by atoms with Crippen LogP contribution in [-0.4, -0.2) is 42.8 Å². The van der Waals surface area contributed by atoms with Crippen molar-refractivity contribution in [2.24, 2.45) is 11.8 Å². The number of anilines is 1. The second-order valence-corrected chi connectivity index (χ2v) is 8.55. The number of carbonyl (C=O) groups is 2. The summed E-state index contributed by atoms with van der Waals surface area (Å²) in [5.41, 5.74) is 0.374. The van der Waals surface area contributed by atoms with Crippen molar-refractivity contribution in [1.29, 1.82) is 0 Å². The zero-order chi connectivity index (χ0) is 18.0. The molecule has 25 heavy (non-hydrogen) atoms. The minimum atomic E-state index is -3.57. The van der Waals surface area contributed by atoms with Gasteiger partial charge >= 0.3 is 5.97 Å². The summed E-state index contributed by atoms with van der Waals surface area (Å²) in [4.78, 5) is 23.4. The average molecular weight is 366 g/mol. The fraction of sp³-hybridized carbons (Fsp3) is 0.529. The van der Waals surface area contributed by atoms with Crippen LogP contribution in [0.4, 0.5) is 5.69 Å². The molecule has 3 rings (SSSR count). The number of nitrogens with zero attached hydrogens (tertiary/aromatic N) is 1. The molecule has 7 nitrogen and oxygen atoms in total. The zero-order valence-electron chi connectivity index (χ0n) is 13.8. The fourth-order valence-electron chi connectivity index (χ4n) is 3.33. The molecule has 2 unspecified atom stereocenters. The van der Waals surface area contributed by atoms with Crippen LogP contribution >= 0.6 is 0 Å². The Kier molecular flexibility index (Phi) is 5.10. The molecule has 2 N–H and O–H groups in total. The quantitative estimate of drug-likeness (QED) is 0.828. The van der Waals surface area contributed by atoms with Gasteiger partial charge in [-0.1, -0.05) is 12.5 Å². The Balaban J connectivity index is 1.73. The van der Waals surface area contributed by atoms with Crippen LogP contribution in [0.25, 0.3) is 0 Å². The van der Waals surface area contributed by atoms with Gasteiger partial charge in [0.2, 0.25) is 15.9 Å². The van der Waals surface area contributed by atoms with Gasteiger partial charge in [-0.15, -0.1) is 0 Å². The molecule has 1 amide bonds. The second kappa shape index (κ2) is 7.13. The van der Waals surface area contributed by atoms with Gasteiger partial charge < -0.3 is 10.4 Å². The van der Waals surface area contributed by atoms with E-state index in [0.29, 0.717) is 31.6 Å². The highest BCUT2D eigenvalue weighted by Crippen LogP contribution is 2.35. The minimum Gasteiger partial charge on any atom is -0.481 e. The molecule has 0 radical (unpaired) electrons. The van der Waals surface area contributed by atoms with E-state index in [-0.39, 0.29) is 10.8 Å². The van der Waals surface area contributed by atoms with Crippen molar-refractivity contribution in [3.05, 3.63) is 24.3 Å². The lowest BCUT2D eigenvalue weighted by atomic mass is 9.73. The van der Waals surface area contributed by atoms with E-state index in [0.717, 1.165) is 19.3 Å². The summed E-state index contributed by atoms with van der Waals surface area (Å²) < 4.78 is 26.9. The van der Waals surface area contributed by atoms with Gasteiger partial charge in [0.15, 0.2) is 0 Å². The van der Waals surface area contributed by atoms with Gasteiger partial charge in [0.25, 0.3) is 0 Å². The number of sulfonamides is 1. The number of hydrogen-bond acceptors (Lipinski definition) is 4. The van der Waals surface area contributed by atoms with E-state index in [1.165, 1.54) is 16.4 Å². The zero-order valence-corrected chi connectivity index (χ0v) is 14.7. The van der Waals surface area contributed by atoms with E-state index in [2.05, 4.69) is 5.32 Å². The lowest BCUT2D eigenvalue weighted by Gasteiger charge is -2.32. The largest absolute Gasteiger partial charge is 0.481 e. The lowest BCUT2D eigenvalue weighted by molar-refractivity contribution is -0.151. The van der Waals surface area contributed by atoms with Gasteiger partial charge in [0.1, 0.15) is 0 Å². The summed E-state index contributed by atoms with van der Waals surface area (Å²) in [6, 6.07) is 6.16. The predicted molar refractivity (Wildman–Crippen MR) is 91.5 cm³/mol. The maximum Gasteiger partial charge on any atom is 0.307 e. The lowest BCUT2D eigenvalue weighted by Crippen LogP contribution is -2.41. The van der Waals surface area contributed by atoms with Crippen LogP contribution in [0.2, 0.25) is 0 Å². The molecule has 1 saturated carbocycles. The first-order valence-electron chi connectivity index (χ1n) is 8.53. The molecular formula is C17H22N2O5S. The van der Waals surface area contributed by atoms with Gasteiger partial charge in [-0.3, -0.25) is 9.59 Å². The molecule has 1 aliphatic heterocycles. The maximum atomic E-state index is 12.7. The van der Waals surface area contributed by atoms with Gasteiger partial charge in [-0.25, -0.2) is 8.42 Å². The number of carboxylic acids is 1. The number of carboxylic acid groups (broad SMARTS) is 1. The van der Waals surface area contributed by atoms with Crippen LogP contribution in [0.5, 0.6) is 0 Å². The van der Waals surface area contributed by atoms with E-state index in [1.54, 1.807) is 12.1 Å². The molecule has 8 heteroatoms. The van der Waals surface area contributed by atoms with Crippen molar-refractivity contribution in [3.8, 4) is 0 Å². The molecule has 1 heterocycles. The third-order valence-electron chi connectivity index (χ3n) is 4.98. The van der Waals surface area contributed by atoms with Crippen LogP contribution in [0.3, 0.4) is 0 Å². The van der Waals surface area contributed by atoms with Gasteiger partial charge in [0, 0.05) is 18.8 Å². The number of aliphatic carboxylic acids is 1. The number of hydrogen-bond donors (Lipinski definition) is 2. The molecular weight excluding hydrogens is 344 g/mol. The first-order chi connectivity index (χ1) is 11.9. The van der Waals surface area contributed by atoms with Gasteiger partial charge in [-0.2, -0.15) is 4.31 Å². The summed E-state index contributed by atoms with van der Waals surface area (Å²) in [7, 11) is -3.57. The van der Waals surface area contributed by atoms with Crippen LogP contribution in [0, 0.1) is 11.8 Å². The number of benzene rings is 1. The van der Waals surface area contributed by atoms with Crippen LogP contribution in [-0.2, 0) is 19.6 Å². The van der Waals surface area contributed by atoms with E-state index < -0.39 is 27.8 Å². The maximum absolute atomic E-state index is 12.7. The number of nitrogens with one attached hydrogen (secondary N) is 1. The molecule has 2 aliphatic rings. The van der Waals surface area contributed by atoms with Crippen molar-refractivity contribution in [2.45, 2.75) is 37.0 Å². The molecule has 1 aliphatic carbocycles. The molecule has 1 aromatic rings. The smallest absolute Gasteiger partial charge is 0.307 e. The Labute approximate surface area is 147 Å². The highest BCUT2D eigenvalue weighted by molar-refractivity contribution is 7.89. The highest BCUT2D eigenvalue weighted by Gasteiger charge is 2.41. The molecule has 2 atom stereocenters. The highest BCUT2D eigenvalue weighted by atomic mass is 32.2. The summed E-state index contributed by atoms with van der Waals surface area (Å²) in [6.07, 6.45) is 3.78. The van der Waals surface area contributed by atoms with Crippen molar-refractivity contribution < 1.29 is 23.1 Å². The van der Waals surface area contributed by atoms with E-state index in [9.17, 15) is 18.0 Å². The molecule has 0 aromatic heterocycles. The summed E-state index contributed by atoms with van der Waals surface area (Å²) in [5.74, 6) is -2.54. The molecule has 0 spiro atoms. The molecule has 136 valence electrons. The van der Waals surface area contributed by atoms with Crippen LogP contribution in [0.1, 0.15) is 32.1 Å². The monoisotopic (exact) mass is 366 g/mol. The summed E-state index contributed by atoms with van der Waals surface area (Å²) in [5, 5.41) is 11.7. The van der Waals surface area contributed by atoms with Gasteiger partial charge in [0.05, 0.1) is 16.7 Å². The summed E-state index contributed by atoms with van der Waals surface area (Å²) >= 11 is 0. The summed E-state index contributed by atoms with van der Waals surface area (Å²) in [6.45, 7) is 1.03. The number of carbonyl (C=O) groups excluding carboxylic acids is 1. The van der Waals surface area contributed by atoms with Crippen LogP contribution in [0.15, 0.2) is 29.2 Å². The number of amides is 1. The molecule has 1 saturated heterocycles. The fourth-order valence-corrected chi connectivity index (χ4v) is 4.90. The van der Waals surface area contributed by atoms with Crippen molar-refractivity contribution >= 4 is 27.6 Å². The minimum absolute atomic E-state index is 0.149. The number of piperidine rings is 1. The SMILES string of the molecule is O=C(O)C1CCC1C(=O)Nc1cccc(S(=O)(=O)N2CCCCC2)c1. The third kappa shape index (κ3) is 3.69. The topological polar surface area (TPSA) is 104 Å². The Bertz CT molecular complexity index is 771.